The van der Waals surface area contributed by atoms with Gasteiger partial charge in [0.25, 0.3) is 0 Å². The molecule has 3 aromatic rings. The van der Waals surface area contributed by atoms with Crippen LogP contribution in [0.2, 0.25) is 0 Å². The molecule has 6 nitrogen and oxygen atoms in total. The number of rotatable bonds is 4. The largest absolute Gasteiger partial charge is 0.342 e. The number of benzene rings is 2. The lowest BCUT2D eigenvalue weighted by Crippen LogP contribution is -2.22. The Bertz CT molecular complexity index is 1510. The second-order valence-electron chi connectivity index (χ2n) is 9.20. The van der Waals surface area contributed by atoms with E-state index in [0.717, 1.165) is 58.9 Å². The van der Waals surface area contributed by atoms with Crippen molar-refractivity contribution in [2.75, 3.05) is 5.32 Å². The minimum atomic E-state index is 0.0902. The van der Waals surface area contributed by atoms with Crippen molar-refractivity contribution < 1.29 is 4.79 Å². The second-order valence-corrected chi connectivity index (χ2v) is 9.20. The van der Waals surface area contributed by atoms with Gasteiger partial charge in [0.05, 0.1) is 29.2 Å². The van der Waals surface area contributed by atoms with E-state index < -0.39 is 0 Å². The van der Waals surface area contributed by atoms with Gasteiger partial charge in [-0.25, -0.2) is 0 Å². The van der Waals surface area contributed by atoms with Crippen LogP contribution in [0.25, 0.3) is 11.4 Å². The van der Waals surface area contributed by atoms with Crippen LogP contribution >= 0.6 is 0 Å². The quantitative estimate of drug-likeness (QED) is 0.531. The van der Waals surface area contributed by atoms with Gasteiger partial charge < -0.3 is 14.8 Å². The van der Waals surface area contributed by atoms with Gasteiger partial charge in [0.1, 0.15) is 5.70 Å². The Labute approximate surface area is 210 Å². The summed E-state index contributed by atoms with van der Waals surface area (Å²) in [6.45, 7) is 0.697. The number of aromatic nitrogens is 1. The van der Waals surface area contributed by atoms with Gasteiger partial charge in [0.15, 0.2) is 0 Å². The van der Waals surface area contributed by atoms with E-state index >= 15 is 0 Å². The maximum Gasteiger partial charge on any atom is 0.224 e. The van der Waals surface area contributed by atoms with Crippen molar-refractivity contribution in [1.82, 2.24) is 9.47 Å². The van der Waals surface area contributed by atoms with Gasteiger partial charge in [0.2, 0.25) is 5.91 Å². The Kier molecular flexibility index (Phi) is 5.59. The maximum atomic E-state index is 12.0. The van der Waals surface area contributed by atoms with E-state index in [1.807, 2.05) is 42.6 Å². The first kappa shape index (κ1) is 21.9. The zero-order valence-electron chi connectivity index (χ0n) is 19.8. The molecule has 2 aromatic carbocycles. The number of nitrogens with zero attached hydrogens (tertiary/aromatic N) is 4. The topological polar surface area (TPSA) is 73.4 Å². The number of nitrogens with one attached hydrogen (secondary N) is 1. The summed E-state index contributed by atoms with van der Waals surface area (Å²) >= 11 is 0. The van der Waals surface area contributed by atoms with Crippen molar-refractivity contribution >= 4 is 29.2 Å². The highest BCUT2D eigenvalue weighted by Gasteiger charge is 2.23. The molecule has 6 rings (SSSR count). The molecule has 0 saturated heterocycles. The Balaban J connectivity index is 1.30. The van der Waals surface area contributed by atoms with Gasteiger partial charge in [0, 0.05) is 36.7 Å². The Morgan fingerprint density at radius 1 is 1.06 bits per heavy atom. The minimum Gasteiger partial charge on any atom is -0.342 e. The highest BCUT2D eigenvalue weighted by Crippen LogP contribution is 2.35. The molecule has 36 heavy (non-hydrogen) atoms. The molecule has 176 valence electrons. The molecule has 0 unspecified atom stereocenters. The summed E-state index contributed by atoms with van der Waals surface area (Å²) in [6.07, 6.45) is 13.7. The molecule has 3 aliphatic rings. The Hall–Kier alpha value is -4.63. The van der Waals surface area contributed by atoms with Crippen LogP contribution in [0.5, 0.6) is 0 Å². The summed E-state index contributed by atoms with van der Waals surface area (Å²) in [5.41, 5.74) is 9.13. The van der Waals surface area contributed by atoms with Crippen LogP contribution in [0.3, 0.4) is 0 Å². The molecule has 0 bridgehead atoms. The molecular formula is C30H25N5O. The summed E-state index contributed by atoms with van der Waals surface area (Å²) in [4.78, 5) is 19.0. The number of fused-ring (bicyclic) bond motifs is 2. The average molecular weight is 472 g/mol. The first-order valence-corrected chi connectivity index (χ1v) is 12.2. The molecule has 4 heterocycles. The third kappa shape index (κ3) is 4.16. The number of anilines is 1. The SMILES string of the molecule is N#Cc1ccc(Cn2cccc2C2=CN3C(=CCC=C3c3ccc4c(c3)CCCC(=O)N4)C=N2)cc1. The molecular weight excluding hydrogens is 446 g/mol. The molecule has 0 radical (unpaired) electrons. The van der Waals surface area contributed by atoms with Crippen LogP contribution in [0.1, 0.15) is 47.2 Å². The number of amides is 1. The number of aryl methyl sites for hydroxylation is 1. The zero-order chi connectivity index (χ0) is 24.5. The molecule has 0 saturated carbocycles. The van der Waals surface area contributed by atoms with E-state index in [1.54, 1.807) is 0 Å². The first-order chi connectivity index (χ1) is 17.7. The van der Waals surface area contributed by atoms with E-state index in [9.17, 15) is 4.79 Å². The van der Waals surface area contributed by atoms with Crippen LogP contribution in [0, 0.1) is 11.3 Å². The number of hydrogen-bond acceptors (Lipinski definition) is 4. The highest BCUT2D eigenvalue weighted by atomic mass is 16.1. The van der Waals surface area contributed by atoms with E-state index in [4.69, 9.17) is 10.3 Å². The van der Waals surface area contributed by atoms with Crippen molar-refractivity contribution in [3.63, 3.8) is 0 Å². The number of carbonyl (C=O) groups is 1. The van der Waals surface area contributed by atoms with Gasteiger partial charge >= 0.3 is 0 Å². The van der Waals surface area contributed by atoms with Gasteiger partial charge in [-0.2, -0.15) is 5.26 Å². The lowest BCUT2D eigenvalue weighted by Gasteiger charge is -2.31. The molecule has 1 N–H and O–H groups in total. The van der Waals surface area contributed by atoms with Crippen LogP contribution in [-0.2, 0) is 17.8 Å². The van der Waals surface area contributed by atoms with Crippen molar-refractivity contribution in [2.24, 2.45) is 4.99 Å². The van der Waals surface area contributed by atoms with Crippen LogP contribution in [0.4, 0.5) is 5.69 Å². The molecule has 0 spiro atoms. The predicted octanol–water partition coefficient (Wildman–Crippen LogP) is 5.70. The fourth-order valence-electron chi connectivity index (χ4n) is 4.97. The Morgan fingerprint density at radius 3 is 2.81 bits per heavy atom. The highest BCUT2D eigenvalue weighted by molar-refractivity contribution is 5.93. The van der Waals surface area contributed by atoms with E-state index in [1.165, 1.54) is 5.56 Å². The van der Waals surface area contributed by atoms with Crippen molar-refractivity contribution in [3.8, 4) is 6.07 Å². The van der Waals surface area contributed by atoms with Crippen LogP contribution in [0.15, 0.2) is 89.8 Å². The number of carbonyl (C=O) groups excluding carboxylic acids is 1. The third-order valence-corrected chi connectivity index (χ3v) is 6.82. The number of nitriles is 1. The smallest absolute Gasteiger partial charge is 0.224 e. The van der Waals surface area contributed by atoms with Crippen LogP contribution in [-0.4, -0.2) is 21.6 Å². The minimum absolute atomic E-state index is 0.0902. The van der Waals surface area contributed by atoms with E-state index in [0.29, 0.717) is 18.5 Å². The number of aliphatic imine (C=N–C) groups is 1. The number of hydrogen-bond donors (Lipinski definition) is 1. The third-order valence-electron chi connectivity index (χ3n) is 6.82. The molecule has 3 aliphatic heterocycles. The second kappa shape index (κ2) is 9.20. The van der Waals surface area contributed by atoms with E-state index in [-0.39, 0.29) is 5.91 Å². The summed E-state index contributed by atoms with van der Waals surface area (Å²) < 4.78 is 2.18. The molecule has 6 heteroatoms. The molecule has 1 aromatic heterocycles. The number of allylic oxidation sites excluding steroid dienone is 3. The molecule has 0 fully saturated rings. The van der Waals surface area contributed by atoms with Crippen molar-refractivity contribution in [2.45, 2.75) is 32.2 Å². The van der Waals surface area contributed by atoms with Crippen molar-refractivity contribution in [1.29, 1.82) is 5.26 Å². The fourth-order valence-corrected chi connectivity index (χ4v) is 4.97. The maximum absolute atomic E-state index is 12.0. The zero-order valence-corrected chi connectivity index (χ0v) is 19.8. The fraction of sp³-hybridized carbons (Fsp3) is 0.167. The van der Waals surface area contributed by atoms with Crippen LogP contribution < -0.4 is 5.32 Å². The van der Waals surface area contributed by atoms with E-state index in [2.05, 4.69) is 63.6 Å². The average Bonchev–Trinajstić information content (AvgIpc) is 3.28. The summed E-state index contributed by atoms with van der Waals surface area (Å²) in [6, 6.07) is 20.3. The molecule has 0 aliphatic carbocycles. The van der Waals surface area contributed by atoms with Gasteiger partial charge in [-0.05, 0) is 72.4 Å². The molecule has 0 atom stereocenters. The first-order valence-electron chi connectivity index (χ1n) is 12.2. The lowest BCUT2D eigenvalue weighted by atomic mass is 9.99. The summed E-state index contributed by atoms with van der Waals surface area (Å²) in [7, 11) is 0. The van der Waals surface area contributed by atoms with Gasteiger partial charge in [-0.1, -0.05) is 30.4 Å². The normalized spacial score (nSPS) is 16.6. The van der Waals surface area contributed by atoms with Gasteiger partial charge in [-0.15, -0.1) is 0 Å². The molecule has 1 amide bonds. The summed E-state index contributed by atoms with van der Waals surface area (Å²) in [5.74, 6) is 0.0902. The lowest BCUT2D eigenvalue weighted by molar-refractivity contribution is -0.116. The standard InChI is InChI=1S/C30H25N5O/c31-17-21-9-11-22(12-10-21)19-34-15-3-7-29(34)27-20-35-25(18-32-27)5-2-6-28(35)24-13-14-26-23(16-24)4-1-8-30(36)33-26/h3,5-7,9-16,18,20H,1-2,4,8,19H2,(H,33,36). The summed E-state index contributed by atoms with van der Waals surface area (Å²) in [5, 5.41) is 12.1. The van der Waals surface area contributed by atoms with Gasteiger partial charge in [-0.3, -0.25) is 9.79 Å². The van der Waals surface area contributed by atoms with Crippen molar-refractivity contribution in [3.05, 3.63) is 113 Å². The monoisotopic (exact) mass is 471 g/mol. The Morgan fingerprint density at radius 2 is 1.94 bits per heavy atom. The predicted molar refractivity (Wildman–Crippen MR) is 142 cm³/mol.